The molecule has 15 heavy (non-hydrogen) atoms. The van der Waals surface area contributed by atoms with Gasteiger partial charge in [-0.05, 0) is 53.6 Å². The number of nitrogen functional groups attached to an aromatic ring is 1. The van der Waals surface area contributed by atoms with Crippen LogP contribution in [0, 0.1) is 0 Å². The van der Waals surface area contributed by atoms with Crippen LogP contribution in [0.25, 0.3) is 0 Å². The van der Waals surface area contributed by atoms with Gasteiger partial charge >= 0.3 is 0 Å². The Labute approximate surface area is 96.2 Å². The summed E-state index contributed by atoms with van der Waals surface area (Å²) in [5.74, 6) is 0. The van der Waals surface area contributed by atoms with Crippen molar-refractivity contribution in [2.45, 2.75) is 37.8 Å². The molecule has 0 atom stereocenters. The van der Waals surface area contributed by atoms with Crippen LogP contribution >= 0.6 is 15.9 Å². The number of nitrogens with two attached hydrogens (primary N) is 1. The van der Waals surface area contributed by atoms with Crippen LogP contribution in [0.4, 0.5) is 10.1 Å². The standard InChI is InChI=1S/C11H12BrFN2/c12-8-9(14)6-2-1-3-7(6)15-10(8)11(13)4-5-11/h1-5H2,(H2,14,15). The van der Waals surface area contributed by atoms with Crippen LogP contribution in [0.5, 0.6) is 0 Å². The van der Waals surface area contributed by atoms with Crippen LogP contribution in [0.1, 0.15) is 36.2 Å². The maximum absolute atomic E-state index is 14.0. The van der Waals surface area contributed by atoms with Gasteiger partial charge in [0.25, 0.3) is 0 Å². The molecule has 0 saturated heterocycles. The lowest BCUT2D eigenvalue weighted by Crippen LogP contribution is -2.09. The number of anilines is 1. The van der Waals surface area contributed by atoms with Crippen molar-refractivity contribution < 1.29 is 4.39 Å². The van der Waals surface area contributed by atoms with Crippen molar-refractivity contribution in [3.63, 3.8) is 0 Å². The van der Waals surface area contributed by atoms with Gasteiger partial charge in [-0.1, -0.05) is 0 Å². The number of alkyl halides is 1. The fraction of sp³-hybridized carbons (Fsp3) is 0.545. The molecule has 0 aliphatic heterocycles. The predicted molar refractivity (Wildman–Crippen MR) is 60.4 cm³/mol. The second kappa shape index (κ2) is 2.94. The van der Waals surface area contributed by atoms with E-state index in [9.17, 15) is 4.39 Å². The molecule has 2 N–H and O–H groups in total. The molecule has 0 bridgehead atoms. The highest BCUT2D eigenvalue weighted by molar-refractivity contribution is 9.10. The van der Waals surface area contributed by atoms with Crippen molar-refractivity contribution in [3.05, 3.63) is 21.4 Å². The Bertz CT molecular complexity index is 441. The summed E-state index contributed by atoms with van der Waals surface area (Å²) in [6.07, 6.45) is 4.16. The van der Waals surface area contributed by atoms with Crippen LogP contribution in [0.15, 0.2) is 4.47 Å². The first-order valence-electron chi connectivity index (χ1n) is 5.28. The molecule has 0 spiro atoms. The van der Waals surface area contributed by atoms with E-state index in [0.29, 0.717) is 28.7 Å². The van der Waals surface area contributed by atoms with E-state index < -0.39 is 5.67 Å². The maximum atomic E-state index is 14.0. The van der Waals surface area contributed by atoms with Gasteiger partial charge in [-0.15, -0.1) is 0 Å². The van der Waals surface area contributed by atoms with Gasteiger partial charge in [0.15, 0.2) is 5.67 Å². The molecular formula is C11H12BrFN2. The largest absolute Gasteiger partial charge is 0.397 e. The number of rotatable bonds is 1. The van der Waals surface area contributed by atoms with Gasteiger partial charge in [0.05, 0.1) is 15.9 Å². The lowest BCUT2D eigenvalue weighted by atomic mass is 10.1. The van der Waals surface area contributed by atoms with Crippen LogP contribution in [0.3, 0.4) is 0 Å². The topological polar surface area (TPSA) is 38.9 Å². The Kier molecular flexibility index (Phi) is 1.88. The van der Waals surface area contributed by atoms with E-state index in [2.05, 4.69) is 20.9 Å². The molecule has 2 aliphatic rings. The fourth-order valence-corrected chi connectivity index (χ4v) is 2.91. The van der Waals surface area contributed by atoms with Gasteiger partial charge in [0.1, 0.15) is 0 Å². The minimum absolute atomic E-state index is 0.528. The first-order valence-corrected chi connectivity index (χ1v) is 6.07. The molecule has 3 rings (SSSR count). The molecule has 1 aromatic heterocycles. The van der Waals surface area contributed by atoms with E-state index in [-0.39, 0.29) is 0 Å². The maximum Gasteiger partial charge on any atom is 0.154 e. The minimum atomic E-state index is -1.20. The van der Waals surface area contributed by atoms with Crippen molar-refractivity contribution in [1.29, 1.82) is 0 Å². The van der Waals surface area contributed by atoms with Crippen LogP contribution < -0.4 is 5.73 Å². The molecule has 1 aromatic rings. The van der Waals surface area contributed by atoms with E-state index in [1.807, 2.05) is 0 Å². The number of hydrogen-bond donors (Lipinski definition) is 1. The molecule has 4 heteroatoms. The van der Waals surface area contributed by atoms with E-state index in [0.717, 1.165) is 30.5 Å². The molecule has 0 amide bonds. The molecule has 2 nitrogen and oxygen atoms in total. The second-order valence-corrected chi connectivity index (χ2v) is 5.23. The molecule has 1 fully saturated rings. The van der Waals surface area contributed by atoms with Crippen molar-refractivity contribution in [2.75, 3.05) is 5.73 Å². The van der Waals surface area contributed by atoms with Crippen molar-refractivity contribution >= 4 is 21.6 Å². The SMILES string of the molecule is Nc1c(Br)c(C2(F)CC2)nc2c1CCC2. The number of aryl methyl sites for hydroxylation is 1. The minimum Gasteiger partial charge on any atom is -0.397 e. The molecular weight excluding hydrogens is 259 g/mol. The zero-order valence-corrected chi connectivity index (χ0v) is 9.90. The number of hydrogen-bond acceptors (Lipinski definition) is 2. The van der Waals surface area contributed by atoms with Crippen LogP contribution in [-0.4, -0.2) is 4.98 Å². The highest BCUT2D eigenvalue weighted by Crippen LogP contribution is 2.52. The van der Waals surface area contributed by atoms with Gasteiger partial charge in [0, 0.05) is 5.69 Å². The summed E-state index contributed by atoms with van der Waals surface area (Å²) in [4.78, 5) is 4.45. The molecule has 80 valence electrons. The fourth-order valence-electron chi connectivity index (χ4n) is 2.23. The first-order chi connectivity index (χ1) is 7.12. The first kappa shape index (κ1) is 9.58. The average molecular weight is 271 g/mol. The summed E-state index contributed by atoms with van der Waals surface area (Å²) < 4.78 is 14.7. The molecule has 0 aromatic carbocycles. The van der Waals surface area contributed by atoms with E-state index in [1.165, 1.54) is 0 Å². The Morgan fingerprint density at radius 2 is 2.07 bits per heavy atom. The smallest absolute Gasteiger partial charge is 0.154 e. The molecule has 1 saturated carbocycles. The number of pyridine rings is 1. The molecule has 0 unspecified atom stereocenters. The van der Waals surface area contributed by atoms with E-state index in [4.69, 9.17) is 5.73 Å². The van der Waals surface area contributed by atoms with Gasteiger partial charge in [-0.25, -0.2) is 4.39 Å². The van der Waals surface area contributed by atoms with Gasteiger partial charge in [0.2, 0.25) is 0 Å². The summed E-state index contributed by atoms with van der Waals surface area (Å²) in [6, 6.07) is 0. The van der Waals surface area contributed by atoms with Crippen molar-refractivity contribution in [1.82, 2.24) is 4.98 Å². The zero-order valence-electron chi connectivity index (χ0n) is 8.32. The summed E-state index contributed by atoms with van der Waals surface area (Å²) in [6.45, 7) is 0. The third-order valence-electron chi connectivity index (χ3n) is 3.32. The summed E-state index contributed by atoms with van der Waals surface area (Å²) >= 11 is 3.38. The molecule has 2 aliphatic carbocycles. The molecule has 0 radical (unpaired) electrons. The number of aromatic nitrogens is 1. The van der Waals surface area contributed by atoms with E-state index >= 15 is 0 Å². The summed E-state index contributed by atoms with van der Waals surface area (Å²) in [5, 5.41) is 0. The van der Waals surface area contributed by atoms with Crippen molar-refractivity contribution in [2.24, 2.45) is 0 Å². The highest BCUT2D eigenvalue weighted by Gasteiger charge is 2.48. The van der Waals surface area contributed by atoms with Crippen LogP contribution in [0.2, 0.25) is 0 Å². The van der Waals surface area contributed by atoms with Gasteiger partial charge < -0.3 is 5.73 Å². The van der Waals surface area contributed by atoms with Crippen molar-refractivity contribution in [3.8, 4) is 0 Å². The Morgan fingerprint density at radius 3 is 2.73 bits per heavy atom. The third-order valence-corrected chi connectivity index (χ3v) is 4.12. The average Bonchev–Trinajstić information content (AvgIpc) is 2.80. The lowest BCUT2D eigenvalue weighted by Gasteiger charge is -2.13. The third kappa shape index (κ3) is 1.30. The van der Waals surface area contributed by atoms with Gasteiger partial charge in [-0.2, -0.15) is 0 Å². The normalized spacial score (nSPS) is 21.5. The quantitative estimate of drug-likeness (QED) is 0.853. The van der Waals surface area contributed by atoms with Gasteiger partial charge in [-0.3, -0.25) is 4.98 Å². The number of nitrogens with zero attached hydrogens (tertiary/aromatic N) is 1. The summed E-state index contributed by atoms with van der Waals surface area (Å²) in [5.41, 5.74) is 8.16. The predicted octanol–water partition coefficient (Wildman–Crippen LogP) is 2.87. The Morgan fingerprint density at radius 1 is 1.33 bits per heavy atom. The second-order valence-electron chi connectivity index (χ2n) is 4.43. The van der Waals surface area contributed by atoms with E-state index in [1.54, 1.807) is 0 Å². The number of halogens is 2. The zero-order chi connectivity index (χ0) is 10.6. The highest BCUT2D eigenvalue weighted by atomic mass is 79.9. The van der Waals surface area contributed by atoms with Crippen LogP contribution in [-0.2, 0) is 18.5 Å². The lowest BCUT2D eigenvalue weighted by molar-refractivity contribution is 0.307. The number of fused-ring (bicyclic) bond motifs is 1. The monoisotopic (exact) mass is 270 g/mol. The Balaban J connectivity index is 2.20. The Hall–Kier alpha value is -0.640. The molecule has 1 heterocycles. The summed E-state index contributed by atoms with van der Waals surface area (Å²) in [7, 11) is 0.